The molecular weight excluding hydrogens is 722 g/mol. The van der Waals surface area contributed by atoms with Gasteiger partial charge in [0.15, 0.2) is 52.4 Å². The zero-order valence-electron chi connectivity index (χ0n) is 21.7. The van der Waals surface area contributed by atoms with Crippen molar-refractivity contribution in [2.45, 2.75) is 12.4 Å². The average Bonchev–Trinajstić information content (AvgIpc) is 3.01. The highest BCUT2D eigenvalue weighted by atomic mass is 19.4. The molecule has 0 atom stereocenters. The van der Waals surface area contributed by atoms with Gasteiger partial charge < -0.3 is 0 Å². The lowest BCUT2D eigenvalue weighted by molar-refractivity contribution is -0.143. The second-order valence-electron chi connectivity index (χ2n) is 9.66. The average molecular weight is 725 g/mol. The first-order valence-corrected chi connectivity index (χ1v) is 11.9. The molecule has 0 saturated carbocycles. The molecule has 0 nitrogen and oxygen atoms in total. The van der Waals surface area contributed by atoms with Gasteiger partial charge in [0.05, 0.1) is 11.1 Å². The maximum absolute atomic E-state index is 15.5. The summed E-state index contributed by atoms with van der Waals surface area (Å²) in [6.07, 6.45) is -19.2. The van der Waals surface area contributed by atoms with Crippen molar-refractivity contribution < 1.29 is 92.2 Å². The van der Waals surface area contributed by atoms with E-state index in [4.69, 9.17) is 0 Å². The number of benzene rings is 4. The molecular formula is C26H3BF21-. The lowest BCUT2D eigenvalue weighted by atomic mass is 9.12. The highest BCUT2D eigenvalue weighted by Gasteiger charge is 2.50. The van der Waals surface area contributed by atoms with Crippen LogP contribution in [0.25, 0.3) is 0 Å². The lowest BCUT2D eigenvalue weighted by Crippen LogP contribution is -2.79. The Hall–Kier alpha value is -4.53. The second-order valence-corrected chi connectivity index (χ2v) is 9.66. The molecule has 0 saturated heterocycles. The van der Waals surface area contributed by atoms with Crippen molar-refractivity contribution in [2.75, 3.05) is 0 Å². The largest absolute Gasteiger partial charge is 0.416 e. The molecule has 0 aliphatic rings. The van der Waals surface area contributed by atoms with Crippen LogP contribution in [0.5, 0.6) is 0 Å². The Morgan fingerprint density at radius 1 is 0.292 bits per heavy atom. The number of rotatable bonds is 4. The fourth-order valence-corrected chi connectivity index (χ4v) is 5.17. The minimum Gasteiger partial charge on any atom is -0.207 e. The molecule has 0 aromatic heterocycles. The van der Waals surface area contributed by atoms with Crippen molar-refractivity contribution in [1.29, 1.82) is 0 Å². The van der Waals surface area contributed by atoms with Crippen molar-refractivity contribution >= 4 is 28.0 Å². The van der Waals surface area contributed by atoms with Gasteiger partial charge in [-0.25, -0.2) is 65.9 Å². The molecule has 4 rings (SSSR count). The van der Waals surface area contributed by atoms with E-state index >= 15 is 26.3 Å². The standard InChI is InChI=1S/C26H3BF21/c28-10-7(11(29)17(35)22(40)16(10)34)27(8-12(30)18(36)23(41)19(37)13(8)31,9-14(32)20(38)24(42)21(39)15(9)33)6-2-4(25(43,44)45)1-5(3-6)26(46,47)48/h1-3H/q-1. The zero-order chi connectivity index (χ0) is 36.7. The SMILES string of the molecule is Fc1c(F)c(F)c([B-](c2cc(C(F)(F)F)cc(C(F)(F)F)c2)(c2c(F)c(F)c(F)c(F)c2F)c2c(F)c(F)c(F)c(F)c2F)c(F)c1F. The fourth-order valence-electron chi connectivity index (χ4n) is 5.17. The fraction of sp³-hybridized carbons (Fsp3) is 0.0769. The van der Waals surface area contributed by atoms with Crippen LogP contribution in [0.4, 0.5) is 92.2 Å². The third kappa shape index (κ3) is 5.10. The molecule has 0 N–H and O–H groups in total. The van der Waals surface area contributed by atoms with Gasteiger partial charge in [-0.2, -0.15) is 31.8 Å². The molecule has 258 valence electrons. The lowest BCUT2D eigenvalue weighted by Gasteiger charge is -2.45. The van der Waals surface area contributed by atoms with Gasteiger partial charge in [-0.1, -0.05) is 12.1 Å². The number of hydrogen-bond acceptors (Lipinski definition) is 0. The smallest absolute Gasteiger partial charge is 0.207 e. The molecule has 48 heavy (non-hydrogen) atoms. The molecule has 0 spiro atoms. The van der Waals surface area contributed by atoms with Gasteiger partial charge in [-0.3, -0.25) is 0 Å². The number of alkyl halides is 6. The van der Waals surface area contributed by atoms with E-state index < -0.39 is 157 Å². The Morgan fingerprint density at radius 2 is 0.479 bits per heavy atom. The Kier molecular flexibility index (Phi) is 8.75. The molecule has 0 heterocycles. The molecule has 4 aromatic rings. The van der Waals surface area contributed by atoms with E-state index in [1.807, 2.05) is 0 Å². The highest BCUT2D eigenvalue weighted by Crippen LogP contribution is 2.36. The minimum absolute atomic E-state index is 0.931. The van der Waals surface area contributed by atoms with E-state index in [0.717, 1.165) is 0 Å². The molecule has 0 radical (unpaired) electrons. The first-order valence-electron chi connectivity index (χ1n) is 11.9. The van der Waals surface area contributed by atoms with E-state index in [-0.39, 0.29) is 0 Å². The Balaban J connectivity index is 2.65. The summed E-state index contributed by atoms with van der Waals surface area (Å²) in [6, 6.07) is -2.95. The summed E-state index contributed by atoms with van der Waals surface area (Å²) < 4.78 is 306. The van der Waals surface area contributed by atoms with Gasteiger partial charge in [-0.05, 0) is 6.07 Å². The van der Waals surface area contributed by atoms with Crippen LogP contribution in [-0.2, 0) is 12.4 Å². The van der Waals surface area contributed by atoms with Gasteiger partial charge >= 0.3 is 12.4 Å². The summed E-state index contributed by atoms with van der Waals surface area (Å²) in [5.74, 6) is -52.5. The van der Waals surface area contributed by atoms with Crippen LogP contribution in [0.2, 0.25) is 0 Å². The highest BCUT2D eigenvalue weighted by molar-refractivity contribution is 7.20. The summed E-state index contributed by atoms with van der Waals surface area (Å²) in [4.78, 5) is 0. The molecule has 0 aliphatic carbocycles. The molecule has 0 fully saturated rings. The molecule has 0 bridgehead atoms. The Morgan fingerprint density at radius 3 is 0.667 bits per heavy atom. The molecule has 0 amide bonds. The summed E-state index contributed by atoms with van der Waals surface area (Å²) in [5, 5.41) is 0. The van der Waals surface area contributed by atoms with Crippen molar-refractivity contribution in [1.82, 2.24) is 0 Å². The van der Waals surface area contributed by atoms with Gasteiger partial charge in [0.2, 0.25) is 0 Å². The maximum atomic E-state index is 15.5. The van der Waals surface area contributed by atoms with Crippen LogP contribution >= 0.6 is 0 Å². The van der Waals surface area contributed by atoms with E-state index in [9.17, 15) is 65.9 Å². The van der Waals surface area contributed by atoms with E-state index in [2.05, 4.69) is 0 Å². The molecule has 0 aliphatic heterocycles. The number of halogens is 21. The van der Waals surface area contributed by atoms with Crippen LogP contribution in [0.15, 0.2) is 18.2 Å². The third-order valence-electron chi connectivity index (χ3n) is 7.14. The van der Waals surface area contributed by atoms with Crippen LogP contribution in [0.1, 0.15) is 11.1 Å². The quantitative estimate of drug-likeness (QED) is 0.0906. The van der Waals surface area contributed by atoms with Crippen molar-refractivity contribution in [3.05, 3.63) is 117 Å². The maximum Gasteiger partial charge on any atom is 0.416 e. The third-order valence-corrected chi connectivity index (χ3v) is 7.14. The van der Waals surface area contributed by atoms with Crippen LogP contribution in [-0.4, -0.2) is 6.15 Å². The predicted octanol–water partition coefficient (Wildman–Crippen LogP) is 7.19. The van der Waals surface area contributed by atoms with Crippen molar-refractivity contribution in [2.24, 2.45) is 0 Å². The Labute approximate surface area is 249 Å². The summed E-state index contributed by atoms with van der Waals surface area (Å²) in [5.41, 5.74) is -18.6. The predicted molar refractivity (Wildman–Crippen MR) is 119 cm³/mol. The molecule has 22 heteroatoms. The first kappa shape index (κ1) is 36.3. The van der Waals surface area contributed by atoms with Crippen LogP contribution < -0.4 is 21.9 Å². The minimum atomic E-state index is -6.86. The summed E-state index contributed by atoms with van der Waals surface area (Å²) in [7, 11) is 0. The van der Waals surface area contributed by atoms with Gasteiger partial charge in [0.1, 0.15) is 41.0 Å². The summed E-state index contributed by atoms with van der Waals surface area (Å²) in [6.45, 7) is 0. The zero-order valence-corrected chi connectivity index (χ0v) is 21.7. The molecule has 4 aromatic carbocycles. The van der Waals surface area contributed by atoms with Crippen LogP contribution in [0, 0.1) is 87.3 Å². The molecule has 0 unspecified atom stereocenters. The van der Waals surface area contributed by atoms with Gasteiger partial charge in [0.25, 0.3) is 0 Å². The number of hydrogen-bond donors (Lipinski definition) is 0. The monoisotopic (exact) mass is 725 g/mol. The normalized spacial score (nSPS) is 12.7. The van der Waals surface area contributed by atoms with E-state index in [1.165, 1.54) is 0 Å². The Bertz CT molecular complexity index is 1720. The first-order chi connectivity index (χ1) is 21.8. The van der Waals surface area contributed by atoms with Gasteiger partial charge in [0, 0.05) is 0 Å². The summed E-state index contributed by atoms with van der Waals surface area (Å²) >= 11 is 0. The topological polar surface area (TPSA) is 0 Å². The van der Waals surface area contributed by atoms with E-state index in [1.54, 1.807) is 0 Å². The van der Waals surface area contributed by atoms with E-state index in [0.29, 0.717) is 0 Å². The van der Waals surface area contributed by atoms with Crippen molar-refractivity contribution in [3.8, 4) is 0 Å². The van der Waals surface area contributed by atoms with Crippen molar-refractivity contribution in [3.63, 3.8) is 0 Å². The van der Waals surface area contributed by atoms with Gasteiger partial charge in [-0.15, -0.1) is 16.4 Å². The second kappa shape index (κ2) is 11.6. The van der Waals surface area contributed by atoms with Crippen LogP contribution in [0.3, 0.4) is 0 Å².